The van der Waals surface area contributed by atoms with Crippen LogP contribution in [0.5, 0.6) is 0 Å². The molecule has 0 saturated carbocycles. The van der Waals surface area contributed by atoms with E-state index in [0.717, 1.165) is 30.4 Å². The van der Waals surface area contributed by atoms with Gasteiger partial charge in [0.2, 0.25) is 0 Å². The summed E-state index contributed by atoms with van der Waals surface area (Å²) in [6, 6.07) is 7.16. The van der Waals surface area contributed by atoms with Crippen LogP contribution in [-0.2, 0) is 19.4 Å². The number of thiophene rings is 1. The number of rotatable bonds is 5. The molecule has 1 aliphatic rings. The Morgan fingerprint density at radius 2 is 1.85 bits per heavy atom. The Kier molecular flexibility index (Phi) is 4.93. The zero-order valence-electron chi connectivity index (χ0n) is 14.6. The number of hydrogen-bond donors (Lipinski definition) is 2. The molecule has 136 valence electrons. The zero-order valence-corrected chi connectivity index (χ0v) is 15.4. The SMILES string of the molecule is O=C(Nc1sc2c(c1C(=O)NCc1cccnc1)CCC2)c1cccnc1. The smallest absolute Gasteiger partial charge is 0.257 e. The van der Waals surface area contributed by atoms with Gasteiger partial charge in [-0.1, -0.05) is 6.07 Å². The van der Waals surface area contributed by atoms with Crippen LogP contribution in [0.1, 0.15) is 43.1 Å². The molecule has 0 spiro atoms. The van der Waals surface area contributed by atoms with Gasteiger partial charge in [0.15, 0.2) is 0 Å². The van der Waals surface area contributed by atoms with Crippen LogP contribution in [0.25, 0.3) is 0 Å². The third-order valence-electron chi connectivity index (χ3n) is 4.48. The fraction of sp³-hybridized carbons (Fsp3) is 0.200. The van der Waals surface area contributed by atoms with Crippen LogP contribution < -0.4 is 10.6 Å². The highest BCUT2D eigenvalue weighted by atomic mass is 32.1. The lowest BCUT2D eigenvalue weighted by Crippen LogP contribution is -2.25. The molecule has 0 bridgehead atoms. The molecular weight excluding hydrogens is 360 g/mol. The summed E-state index contributed by atoms with van der Waals surface area (Å²) < 4.78 is 0. The predicted octanol–water partition coefficient (Wildman–Crippen LogP) is 3.21. The molecule has 3 aromatic heterocycles. The third kappa shape index (κ3) is 3.73. The number of aromatic nitrogens is 2. The average molecular weight is 378 g/mol. The number of carbonyl (C=O) groups is 2. The first-order valence-corrected chi connectivity index (χ1v) is 9.57. The van der Waals surface area contributed by atoms with Crippen molar-refractivity contribution in [3.05, 3.63) is 76.2 Å². The maximum atomic E-state index is 12.9. The highest BCUT2D eigenvalue weighted by Crippen LogP contribution is 2.39. The summed E-state index contributed by atoms with van der Waals surface area (Å²) in [5, 5.41) is 6.46. The Hall–Kier alpha value is -3.06. The number of fused-ring (bicyclic) bond motifs is 1. The fourth-order valence-electron chi connectivity index (χ4n) is 3.18. The minimum absolute atomic E-state index is 0.167. The van der Waals surface area contributed by atoms with E-state index < -0.39 is 0 Å². The number of carbonyl (C=O) groups excluding carboxylic acids is 2. The zero-order chi connectivity index (χ0) is 18.6. The first-order valence-electron chi connectivity index (χ1n) is 8.75. The van der Waals surface area contributed by atoms with Gasteiger partial charge >= 0.3 is 0 Å². The summed E-state index contributed by atoms with van der Waals surface area (Å²) in [5.41, 5.74) is 3.05. The molecule has 3 heterocycles. The van der Waals surface area contributed by atoms with Crippen LogP contribution in [-0.4, -0.2) is 21.8 Å². The fourth-order valence-corrected chi connectivity index (χ4v) is 4.46. The van der Waals surface area contributed by atoms with E-state index >= 15 is 0 Å². The van der Waals surface area contributed by atoms with Crippen LogP contribution in [0.15, 0.2) is 49.1 Å². The van der Waals surface area contributed by atoms with Crippen LogP contribution in [0.4, 0.5) is 5.00 Å². The Balaban J connectivity index is 1.56. The van der Waals surface area contributed by atoms with Crippen molar-refractivity contribution in [3.63, 3.8) is 0 Å². The highest BCUT2D eigenvalue weighted by Gasteiger charge is 2.27. The van der Waals surface area contributed by atoms with E-state index in [9.17, 15) is 9.59 Å². The minimum atomic E-state index is -0.260. The van der Waals surface area contributed by atoms with Crippen molar-refractivity contribution in [2.24, 2.45) is 0 Å². The van der Waals surface area contributed by atoms with Gasteiger partial charge in [-0.15, -0.1) is 11.3 Å². The molecule has 0 atom stereocenters. The molecule has 0 saturated heterocycles. The first kappa shape index (κ1) is 17.4. The van der Waals surface area contributed by atoms with Crippen LogP contribution >= 0.6 is 11.3 Å². The lowest BCUT2D eigenvalue weighted by molar-refractivity contribution is 0.0951. The van der Waals surface area contributed by atoms with Gasteiger partial charge in [-0.25, -0.2) is 0 Å². The van der Waals surface area contributed by atoms with E-state index in [1.54, 1.807) is 30.7 Å². The van der Waals surface area contributed by atoms with Crippen LogP contribution in [0, 0.1) is 0 Å². The molecule has 1 aliphatic carbocycles. The maximum absolute atomic E-state index is 12.9. The summed E-state index contributed by atoms with van der Waals surface area (Å²) in [6.45, 7) is 0.396. The summed E-state index contributed by atoms with van der Waals surface area (Å²) >= 11 is 1.50. The van der Waals surface area contributed by atoms with E-state index in [4.69, 9.17) is 0 Å². The number of amides is 2. The summed E-state index contributed by atoms with van der Waals surface area (Å²) in [4.78, 5) is 34.6. The van der Waals surface area contributed by atoms with Gasteiger partial charge in [-0.2, -0.15) is 0 Å². The first-order chi connectivity index (χ1) is 13.2. The molecule has 2 amide bonds. The van der Waals surface area contributed by atoms with Crippen molar-refractivity contribution >= 4 is 28.2 Å². The molecule has 0 radical (unpaired) electrons. The number of pyridine rings is 2. The second-order valence-corrected chi connectivity index (χ2v) is 7.41. The Morgan fingerprint density at radius 1 is 1.04 bits per heavy atom. The number of hydrogen-bond acceptors (Lipinski definition) is 5. The maximum Gasteiger partial charge on any atom is 0.257 e. The lowest BCUT2D eigenvalue weighted by Gasteiger charge is -2.09. The molecule has 0 unspecified atom stereocenters. The van der Waals surface area contributed by atoms with Crippen LogP contribution in [0.2, 0.25) is 0 Å². The molecule has 0 fully saturated rings. The third-order valence-corrected chi connectivity index (χ3v) is 5.68. The second-order valence-electron chi connectivity index (χ2n) is 6.30. The Labute approximate surface area is 160 Å². The normalized spacial score (nSPS) is 12.4. The summed E-state index contributed by atoms with van der Waals surface area (Å²) in [6.07, 6.45) is 9.41. The molecule has 2 N–H and O–H groups in total. The van der Waals surface area contributed by atoms with Gasteiger partial charge in [0, 0.05) is 36.2 Å². The van der Waals surface area contributed by atoms with Crippen molar-refractivity contribution < 1.29 is 9.59 Å². The van der Waals surface area contributed by atoms with Crippen molar-refractivity contribution in [1.82, 2.24) is 15.3 Å². The van der Waals surface area contributed by atoms with E-state index in [-0.39, 0.29) is 11.8 Å². The van der Waals surface area contributed by atoms with Gasteiger partial charge < -0.3 is 10.6 Å². The van der Waals surface area contributed by atoms with Crippen molar-refractivity contribution in [2.75, 3.05) is 5.32 Å². The van der Waals surface area contributed by atoms with Crippen LogP contribution in [0.3, 0.4) is 0 Å². The highest BCUT2D eigenvalue weighted by molar-refractivity contribution is 7.17. The Bertz CT molecular complexity index is 970. The van der Waals surface area contributed by atoms with Gasteiger partial charge in [0.1, 0.15) is 5.00 Å². The number of aryl methyl sites for hydroxylation is 1. The molecular formula is C20H18N4O2S. The molecule has 0 aliphatic heterocycles. The monoisotopic (exact) mass is 378 g/mol. The predicted molar refractivity (Wildman–Crippen MR) is 104 cm³/mol. The number of anilines is 1. The summed E-state index contributed by atoms with van der Waals surface area (Å²) in [5.74, 6) is -0.427. The number of nitrogens with one attached hydrogen (secondary N) is 2. The molecule has 6 nitrogen and oxygen atoms in total. The van der Waals surface area contributed by atoms with E-state index in [2.05, 4.69) is 20.6 Å². The van der Waals surface area contributed by atoms with Gasteiger partial charge in [0.25, 0.3) is 11.8 Å². The average Bonchev–Trinajstić information content (AvgIpc) is 3.28. The second kappa shape index (κ2) is 7.67. The molecule has 3 aromatic rings. The van der Waals surface area contributed by atoms with E-state index in [1.807, 2.05) is 12.1 Å². The molecule has 27 heavy (non-hydrogen) atoms. The summed E-state index contributed by atoms with van der Waals surface area (Å²) in [7, 11) is 0. The van der Waals surface area contributed by atoms with E-state index in [1.165, 1.54) is 22.4 Å². The van der Waals surface area contributed by atoms with Crippen molar-refractivity contribution in [1.29, 1.82) is 0 Å². The van der Waals surface area contributed by atoms with E-state index in [0.29, 0.717) is 22.7 Å². The number of nitrogens with zero attached hydrogens (tertiary/aromatic N) is 2. The largest absolute Gasteiger partial charge is 0.348 e. The molecule has 7 heteroatoms. The minimum Gasteiger partial charge on any atom is -0.348 e. The van der Waals surface area contributed by atoms with Crippen molar-refractivity contribution in [2.45, 2.75) is 25.8 Å². The topological polar surface area (TPSA) is 84.0 Å². The molecule has 0 aromatic carbocycles. The van der Waals surface area contributed by atoms with Crippen molar-refractivity contribution in [3.8, 4) is 0 Å². The quantitative estimate of drug-likeness (QED) is 0.714. The standard InChI is InChI=1S/C20H18N4O2S/c25-18(14-5-3-9-22-12-14)24-20-17(15-6-1-7-16(15)27-20)19(26)23-11-13-4-2-8-21-10-13/h2-5,8-10,12H,1,6-7,11H2,(H,23,26)(H,24,25). The lowest BCUT2D eigenvalue weighted by atomic mass is 10.1. The van der Waals surface area contributed by atoms with Gasteiger partial charge in [0.05, 0.1) is 11.1 Å². The van der Waals surface area contributed by atoms with Gasteiger partial charge in [-0.3, -0.25) is 19.6 Å². The molecule has 4 rings (SSSR count). The Morgan fingerprint density at radius 3 is 2.59 bits per heavy atom. The van der Waals surface area contributed by atoms with Gasteiger partial charge in [-0.05, 0) is 48.6 Å².